The van der Waals surface area contributed by atoms with Crippen molar-refractivity contribution < 1.29 is 13.5 Å². The molecule has 8 heteroatoms. The number of anilines is 1. The minimum absolute atomic E-state index is 0.222. The van der Waals surface area contributed by atoms with E-state index in [1.54, 1.807) is 18.5 Å². The second-order valence-corrected chi connectivity index (χ2v) is 10.8. The monoisotopic (exact) mass is 442 g/mol. The minimum Gasteiger partial charge on any atom is -0.508 e. The summed E-state index contributed by atoms with van der Waals surface area (Å²) in [5, 5.41) is 10.4. The third-order valence-electron chi connectivity index (χ3n) is 6.38. The van der Waals surface area contributed by atoms with Crippen molar-refractivity contribution in [3.05, 3.63) is 48.4 Å². The molecular weight excluding hydrogens is 412 g/mol. The molecule has 0 atom stereocenters. The number of hydrogen-bond acceptors (Lipinski definition) is 6. The zero-order valence-electron chi connectivity index (χ0n) is 17.9. The number of H-pyrrole nitrogens is 1. The number of benzene rings is 1. The van der Waals surface area contributed by atoms with Crippen LogP contribution in [0.25, 0.3) is 11.0 Å². The van der Waals surface area contributed by atoms with E-state index in [1.165, 1.54) is 0 Å². The summed E-state index contributed by atoms with van der Waals surface area (Å²) < 4.78 is 25.3. The van der Waals surface area contributed by atoms with Gasteiger partial charge >= 0.3 is 0 Å². The van der Waals surface area contributed by atoms with E-state index in [9.17, 15) is 13.5 Å². The molecule has 1 aliphatic rings. The van der Waals surface area contributed by atoms with Gasteiger partial charge in [0.05, 0.1) is 16.9 Å². The lowest BCUT2D eigenvalue weighted by molar-refractivity contribution is 0.340. The van der Waals surface area contributed by atoms with E-state index in [1.807, 2.05) is 24.4 Å². The number of aromatic hydroxyl groups is 1. The van der Waals surface area contributed by atoms with E-state index in [4.69, 9.17) is 0 Å². The predicted molar refractivity (Wildman–Crippen MR) is 123 cm³/mol. The summed E-state index contributed by atoms with van der Waals surface area (Å²) in [6.07, 6.45) is 8.58. The average molecular weight is 443 g/mol. The molecule has 31 heavy (non-hydrogen) atoms. The molecule has 0 radical (unpaired) electrons. The summed E-state index contributed by atoms with van der Waals surface area (Å²) in [4.78, 5) is 14.1. The molecule has 0 saturated heterocycles. The maximum Gasteiger partial charge on any atom is 0.150 e. The number of sulfone groups is 1. The summed E-state index contributed by atoms with van der Waals surface area (Å²) in [6.45, 7) is 0. The number of phenols is 1. The lowest BCUT2D eigenvalue weighted by atomic mass is 9.86. The molecule has 0 unspecified atom stereocenters. The highest BCUT2D eigenvalue weighted by Crippen LogP contribution is 2.32. The van der Waals surface area contributed by atoms with E-state index < -0.39 is 9.84 Å². The lowest BCUT2D eigenvalue weighted by Crippen LogP contribution is -2.37. The minimum atomic E-state index is -3.06. The van der Waals surface area contributed by atoms with E-state index in [-0.39, 0.29) is 23.2 Å². The molecule has 2 heterocycles. The topological polar surface area (TPSA) is 99.2 Å². The fraction of sp³-hybridized carbons (Fsp3) is 0.478. The maximum absolute atomic E-state index is 12.6. The van der Waals surface area contributed by atoms with Gasteiger partial charge in [-0.25, -0.2) is 18.4 Å². The second kappa shape index (κ2) is 9.26. The predicted octanol–water partition coefficient (Wildman–Crippen LogP) is 3.71. The van der Waals surface area contributed by atoms with E-state index >= 15 is 0 Å². The molecule has 166 valence electrons. The quantitative estimate of drug-likeness (QED) is 0.552. The Balaban J connectivity index is 1.26. The Hall–Kier alpha value is -2.61. The van der Waals surface area contributed by atoms with Crippen LogP contribution in [0.5, 0.6) is 5.75 Å². The second-order valence-electron chi connectivity index (χ2n) is 8.61. The molecule has 1 aliphatic carbocycles. The molecule has 4 rings (SSSR count). The molecule has 2 aromatic heterocycles. The van der Waals surface area contributed by atoms with Gasteiger partial charge in [0.25, 0.3) is 0 Å². The number of fused-ring (bicyclic) bond motifs is 1. The van der Waals surface area contributed by atoms with Crippen LogP contribution < -0.4 is 4.90 Å². The van der Waals surface area contributed by atoms with E-state index in [2.05, 4.69) is 26.9 Å². The number of aromatic nitrogens is 3. The number of nitrogens with one attached hydrogen (secondary N) is 1. The molecule has 7 nitrogen and oxygen atoms in total. The van der Waals surface area contributed by atoms with Gasteiger partial charge in [-0.05, 0) is 68.2 Å². The number of aryl methyl sites for hydroxylation is 1. The van der Waals surface area contributed by atoms with Crippen LogP contribution in [0.3, 0.4) is 0 Å². The van der Waals surface area contributed by atoms with Gasteiger partial charge in [-0.1, -0.05) is 12.1 Å². The number of rotatable bonds is 8. The molecular formula is C23H30N4O3S. The van der Waals surface area contributed by atoms with Crippen molar-refractivity contribution in [1.29, 1.82) is 0 Å². The fourth-order valence-electron chi connectivity index (χ4n) is 4.61. The van der Waals surface area contributed by atoms with Crippen LogP contribution in [0.1, 0.15) is 37.7 Å². The van der Waals surface area contributed by atoms with Gasteiger partial charge in [-0.2, -0.15) is 0 Å². The number of hydrogen-bond donors (Lipinski definition) is 2. The molecule has 0 aliphatic heterocycles. The molecule has 0 bridgehead atoms. The van der Waals surface area contributed by atoms with Gasteiger partial charge in [0.2, 0.25) is 0 Å². The molecule has 1 aromatic carbocycles. The smallest absolute Gasteiger partial charge is 0.150 e. The van der Waals surface area contributed by atoms with Crippen LogP contribution in [-0.2, 0) is 16.3 Å². The van der Waals surface area contributed by atoms with E-state index in [0.29, 0.717) is 18.9 Å². The maximum atomic E-state index is 12.6. The van der Waals surface area contributed by atoms with Crippen LogP contribution in [0, 0.1) is 5.92 Å². The highest BCUT2D eigenvalue weighted by Gasteiger charge is 2.28. The zero-order valence-corrected chi connectivity index (χ0v) is 18.7. The Labute approximate surface area is 183 Å². The van der Waals surface area contributed by atoms with Crippen LogP contribution >= 0.6 is 0 Å². The highest BCUT2D eigenvalue weighted by atomic mass is 32.2. The van der Waals surface area contributed by atoms with Crippen molar-refractivity contribution in [3.63, 3.8) is 0 Å². The van der Waals surface area contributed by atoms with Crippen molar-refractivity contribution in [2.24, 2.45) is 5.92 Å². The van der Waals surface area contributed by atoms with Crippen molar-refractivity contribution in [2.45, 2.75) is 44.6 Å². The van der Waals surface area contributed by atoms with Crippen LogP contribution in [0.15, 0.2) is 42.9 Å². The molecule has 2 N–H and O–H groups in total. The van der Waals surface area contributed by atoms with Crippen LogP contribution in [-0.4, -0.2) is 53.1 Å². The Morgan fingerprint density at radius 3 is 2.58 bits per heavy atom. The summed E-state index contributed by atoms with van der Waals surface area (Å²) >= 11 is 0. The Bertz CT molecular complexity index is 1100. The third-order valence-corrected chi connectivity index (χ3v) is 8.27. The van der Waals surface area contributed by atoms with Crippen molar-refractivity contribution in [1.82, 2.24) is 15.0 Å². The largest absolute Gasteiger partial charge is 0.508 e. The van der Waals surface area contributed by atoms with Gasteiger partial charge in [0.1, 0.15) is 23.5 Å². The van der Waals surface area contributed by atoms with Gasteiger partial charge in [0.15, 0.2) is 9.84 Å². The van der Waals surface area contributed by atoms with Crippen LogP contribution in [0.4, 0.5) is 5.82 Å². The van der Waals surface area contributed by atoms with E-state index in [0.717, 1.165) is 48.1 Å². The zero-order chi connectivity index (χ0) is 21.8. The first-order valence-corrected chi connectivity index (χ1v) is 12.7. The molecule has 0 amide bonds. The lowest BCUT2D eigenvalue weighted by Gasteiger charge is -2.35. The van der Waals surface area contributed by atoms with Crippen molar-refractivity contribution in [2.75, 3.05) is 23.5 Å². The normalized spacial score (nSPS) is 19.5. The van der Waals surface area contributed by atoms with Gasteiger partial charge in [-0.3, -0.25) is 0 Å². The first-order valence-electron chi connectivity index (χ1n) is 10.9. The standard InChI is InChI=1S/C23H30N4O3S/c1-27(23-21-12-13-24-22(21)25-16-26-23)19-8-4-18(5-9-19)15-31(29,30)14-2-3-17-6-10-20(28)11-7-17/h6-7,10-13,16,18-19,28H,2-5,8-9,14-15H2,1H3,(H,24,25,26). The SMILES string of the molecule is CN(c1ncnc2[nH]ccc12)C1CCC(CS(=O)(=O)CCCc2ccc(O)cc2)CC1. The van der Waals surface area contributed by atoms with Gasteiger partial charge in [-0.15, -0.1) is 0 Å². The highest BCUT2D eigenvalue weighted by molar-refractivity contribution is 7.91. The molecule has 1 fully saturated rings. The average Bonchev–Trinajstić information content (AvgIpc) is 3.24. The number of aromatic amines is 1. The summed E-state index contributed by atoms with van der Waals surface area (Å²) in [5.74, 6) is 1.90. The summed E-state index contributed by atoms with van der Waals surface area (Å²) in [5.41, 5.74) is 1.89. The van der Waals surface area contributed by atoms with Crippen molar-refractivity contribution in [3.8, 4) is 5.75 Å². The Kier molecular flexibility index (Phi) is 6.46. The molecule has 1 saturated carbocycles. The molecule has 0 spiro atoms. The Morgan fingerprint density at radius 1 is 1.10 bits per heavy atom. The first kappa shape index (κ1) is 21.6. The Morgan fingerprint density at radius 2 is 1.84 bits per heavy atom. The number of phenolic OH excluding ortho intramolecular Hbond substituents is 1. The van der Waals surface area contributed by atoms with Crippen LogP contribution in [0.2, 0.25) is 0 Å². The third kappa shape index (κ3) is 5.36. The molecule has 3 aromatic rings. The van der Waals surface area contributed by atoms with Crippen molar-refractivity contribution >= 4 is 26.7 Å². The number of nitrogens with zero attached hydrogens (tertiary/aromatic N) is 3. The summed E-state index contributed by atoms with van der Waals surface area (Å²) in [6, 6.07) is 9.33. The summed E-state index contributed by atoms with van der Waals surface area (Å²) in [7, 11) is -0.989. The fourth-order valence-corrected chi connectivity index (χ4v) is 6.42. The first-order chi connectivity index (χ1) is 14.9. The van der Waals surface area contributed by atoms with Gasteiger partial charge < -0.3 is 15.0 Å². The van der Waals surface area contributed by atoms with Gasteiger partial charge in [0, 0.05) is 19.3 Å².